The van der Waals surface area contributed by atoms with Gasteiger partial charge in [0.1, 0.15) is 18.2 Å². The van der Waals surface area contributed by atoms with Crippen LogP contribution in [0.1, 0.15) is 5.56 Å². The molecule has 0 unspecified atom stereocenters. The minimum atomic E-state index is -4.63. The van der Waals surface area contributed by atoms with E-state index in [1.165, 1.54) is 12.4 Å². The van der Waals surface area contributed by atoms with Crippen molar-refractivity contribution in [3.63, 3.8) is 0 Å². The van der Waals surface area contributed by atoms with Crippen LogP contribution in [0.4, 0.5) is 35.2 Å². The summed E-state index contributed by atoms with van der Waals surface area (Å²) in [7, 11) is 0. The molecule has 166 valence electrons. The average molecular weight is 484 g/mol. The number of carbonyl (C=O) groups excluding carboxylic acids is 1. The Kier molecular flexibility index (Phi) is 6.42. The van der Waals surface area contributed by atoms with Gasteiger partial charge in [0.2, 0.25) is 0 Å². The lowest BCUT2D eigenvalue weighted by atomic mass is 10.2. The number of anilines is 3. The summed E-state index contributed by atoms with van der Waals surface area (Å²) in [6, 6.07) is 9.03. The number of rotatable bonds is 3. The van der Waals surface area contributed by atoms with Gasteiger partial charge in [0.15, 0.2) is 11.5 Å². The Balaban J connectivity index is 0.00000289. The first-order valence-corrected chi connectivity index (χ1v) is 9.09. The Morgan fingerprint density at radius 3 is 2.34 bits per heavy atom. The van der Waals surface area contributed by atoms with Crippen LogP contribution in [-0.4, -0.2) is 25.6 Å². The van der Waals surface area contributed by atoms with Crippen molar-refractivity contribution in [2.24, 2.45) is 0 Å². The van der Waals surface area contributed by atoms with E-state index in [9.17, 15) is 18.0 Å². The maximum absolute atomic E-state index is 13.0. The third kappa shape index (κ3) is 4.68. The number of fused-ring (bicyclic) bond motifs is 1. The predicted octanol–water partition coefficient (Wildman–Crippen LogP) is 5.14. The highest BCUT2D eigenvalue weighted by Gasteiger charge is 2.33. The van der Waals surface area contributed by atoms with Crippen LogP contribution in [0.5, 0.6) is 0 Å². The number of hydrogen-bond acceptors (Lipinski definition) is 5. The van der Waals surface area contributed by atoms with Crippen molar-refractivity contribution >= 4 is 58.4 Å². The highest BCUT2D eigenvalue weighted by Crippen LogP contribution is 2.36. The highest BCUT2D eigenvalue weighted by atomic mass is 35.5. The number of nitrogen functional groups attached to an aromatic ring is 1. The normalized spacial score (nSPS) is 11.1. The Hall–Kier alpha value is -3.57. The number of carbonyl (C=O) groups is 1. The average Bonchev–Trinajstić information content (AvgIpc) is 3.15. The van der Waals surface area contributed by atoms with Gasteiger partial charge in [0.25, 0.3) is 0 Å². The summed E-state index contributed by atoms with van der Waals surface area (Å²) in [5.41, 5.74) is 6.91. The molecule has 2 heterocycles. The Morgan fingerprint density at radius 2 is 1.66 bits per heavy atom. The fourth-order valence-electron chi connectivity index (χ4n) is 2.89. The standard InChI is InChI=1S/C19H13ClF3N7O.ClH/c20-14-6-3-11(7-13(14)19(21,22)23)29-18(31)28-10-1-4-12(5-2-10)30-9-27-17-15(30)16(24)25-8-26-17;/h1-9H,(H2,24,25,26)(H2,28,29,31);1H. The van der Waals surface area contributed by atoms with Crippen molar-refractivity contribution in [2.45, 2.75) is 6.18 Å². The third-order valence-corrected chi connectivity index (χ3v) is 4.63. The van der Waals surface area contributed by atoms with Gasteiger partial charge < -0.3 is 16.4 Å². The Bertz CT molecular complexity index is 1280. The van der Waals surface area contributed by atoms with Gasteiger partial charge in [0.05, 0.1) is 10.6 Å². The summed E-state index contributed by atoms with van der Waals surface area (Å²) in [5, 5.41) is 4.44. The van der Waals surface area contributed by atoms with E-state index >= 15 is 0 Å². The monoisotopic (exact) mass is 483 g/mol. The van der Waals surface area contributed by atoms with Crippen molar-refractivity contribution in [3.05, 3.63) is 65.7 Å². The number of urea groups is 1. The van der Waals surface area contributed by atoms with Crippen molar-refractivity contribution in [2.75, 3.05) is 16.4 Å². The molecule has 0 saturated heterocycles. The second-order valence-corrected chi connectivity index (χ2v) is 6.77. The van der Waals surface area contributed by atoms with Crippen LogP contribution in [-0.2, 0) is 6.18 Å². The molecule has 0 atom stereocenters. The molecule has 4 aromatic rings. The minimum absolute atomic E-state index is 0. The summed E-state index contributed by atoms with van der Waals surface area (Å²) in [4.78, 5) is 24.3. The van der Waals surface area contributed by atoms with Crippen LogP contribution < -0.4 is 16.4 Å². The van der Waals surface area contributed by atoms with Crippen molar-refractivity contribution < 1.29 is 18.0 Å². The smallest absolute Gasteiger partial charge is 0.382 e. The molecule has 0 aliphatic rings. The molecule has 0 fully saturated rings. The van der Waals surface area contributed by atoms with Gasteiger partial charge in [-0.1, -0.05) is 11.6 Å². The van der Waals surface area contributed by atoms with Gasteiger partial charge in [-0.15, -0.1) is 12.4 Å². The zero-order valence-corrected chi connectivity index (χ0v) is 17.5. The number of benzene rings is 2. The number of imidazole rings is 1. The molecule has 0 radical (unpaired) electrons. The van der Waals surface area contributed by atoms with Gasteiger partial charge >= 0.3 is 12.2 Å². The van der Waals surface area contributed by atoms with Crippen LogP contribution in [0.3, 0.4) is 0 Å². The molecule has 0 aliphatic heterocycles. The summed E-state index contributed by atoms with van der Waals surface area (Å²) >= 11 is 5.58. The first-order chi connectivity index (χ1) is 14.7. The predicted molar refractivity (Wildman–Crippen MR) is 117 cm³/mol. The zero-order chi connectivity index (χ0) is 22.2. The van der Waals surface area contributed by atoms with E-state index in [-0.39, 0.29) is 23.9 Å². The molecule has 8 nitrogen and oxygen atoms in total. The second-order valence-electron chi connectivity index (χ2n) is 6.36. The number of alkyl halides is 3. The van der Waals surface area contributed by atoms with Crippen LogP contribution in [0.15, 0.2) is 55.1 Å². The summed E-state index contributed by atoms with van der Waals surface area (Å²) < 4.78 is 40.6. The molecule has 2 aromatic carbocycles. The quantitative estimate of drug-likeness (QED) is 0.373. The lowest BCUT2D eigenvalue weighted by Crippen LogP contribution is -2.20. The van der Waals surface area contributed by atoms with Crippen LogP contribution in [0.25, 0.3) is 16.9 Å². The largest absolute Gasteiger partial charge is 0.417 e. The number of amides is 2. The van der Waals surface area contributed by atoms with Gasteiger partial charge in [-0.2, -0.15) is 13.2 Å². The molecule has 0 saturated carbocycles. The molecule has 0 bridgehead atoms. The number of aromatic nitrogens is 4. The third-order valence-electron chi connectivity index (χ3n) is 4.30. The van der Waals surface area contributed by atoms with E-state index in [2.05, 4.69) is 25.6 Å². The SMILES string of the molecule is Cl.Nc1ncnc2ncn(-c3ccc(NC(=O)Nc4ccc(Cl)c(C(F)(F)F)c4)cc3)c12. The van der Waals surface area contributed by atoms with Gasteiger partial charge in [-0.3, -0.25) is 4.57 Å². The molecular formula is C19H14Cl2F3N7O. The van der Waals surface area contributed by atoms with Crippen LogP contribution >= 0.6 is 24.0 Å². The first-order valence-electron chi connectivity index (χ1n) is 8.71. The lowest BCUT2D eigenvalue weighted by molar-refractivity contribution is -0.137. The zero-order valence-electron chi connectivity index (χ0n) is 15.9. The fraction of sp³-hybridized carbons (Fsp3) is 0.0526. The Labute approximate surface area is 190 Å². The topological polar surface area (TPSA) is 111 Å². The number of nitrogens with zero attached hydrogens (tertiary/aromatic N) is 4. The molecule has 0 spiro atoms. The van der Waals surface area contributed by atoms with E-state index in [0.717, 1.165) is 12.1 Å². The molecule has 4 N–H and O–H groups in total. The van der Waals surface area contributed by atoms with E-state index < -0.39 is 22.8 Å². The van der Waals surface area contributed by atoms with Crippen molar-refractivity contribution in [3.8, 4) is 5.69 Å². The van der Waals surface area contributed by atoms with Gasteiger partial charge in [-0.05, 0) is 42.5 Å². The molecule has 13 heteroatoms. The van der Waals surface area contributed by atoms with E-state index in [1.54, 1.807) is 35.2 Å². The van der Waals surface area contributed by atoms with E-state index in [1.807, 2.05) is 0 Å². The molecule has 2 amide bonds. The van der Waals surface area contributed by atoms with Gasteiger partial charge in [0, 0.05) is 17.1 Å². The highest BCUT2D eigenvalue weighted by molar-refractivity contribution is 6.31. The van der Waals surface area contributed by atoms with Crippen molar-refractivity contribution in [1.29, 1.82) is 0 Å². The molecule has 2 aromatic heterocycles. The van der Waals surface area contributed by atoms with Crippen LogP contribution in [0.2, 0.25) is 5.02 Å². The Morgan fingerprint density at radius 1 is 1.00 bits per heavy atom. The maximum atomic E-state index is 13.0. The fourth-order valence-corrected chi connectivity index (χ4v) is 3.12. The molecular weight excluding hydrogens is 470 g/mol. The van der Waals surface area contributed by atoms with E-state index in [0.29, 0.717) is 22.5 Å². The van der Waals surface area contributed by atoms with E-state index in [4.69, 9.17) is 17.3 Å². The summed E-state index contributed by atoms with van der Waals surface area (Å²) in [6.07, 6.45) is -1.77. The maximum Gasteiger partial charge on any atom is 0.417 e. The van der Waals surface area contributed by atoms with Crippen molar-refractivity contribution in [1.82, 2.24) is 19.5 Å². The van der Waals surface area contributed by atoms with Crippen LogP contribution in [0, 0.1) is 0 Å². The molecule has 0 aliphatic carbocycles. The summed E-state index contributed by atoms with van der Waals surface area (Å²) in [5.74, 6) is 0.269. The van der Waals surface area contributed by atoms with Gasteiger partial charge in [-0.25, -0.2) is 19.7 Å². The summed E-state index contributed by atoms with van der Waals surface area (Å²) in [6.45, 7) is 0. The number of nitrogens with two attached hydrogens (primary N) is 1. The lowest BCUT2D eigenvalue weighted by Gasteiger charge is -2.12. The minimum Gasteiger partial charge on any atom is -0.382 e. The number of halogens is 5. The first kappa shape index (κ1) is 23.1. The molecule has 32 heavy (non-hydrogen) atoms. The number of nitrogens with one attached hydrogen (secondary N) is 2. The second kappa shape index (κ2) is 8.89. The molecule has 4 rings (SSSR count). The number of hydrogen-bond donors (Lipinski definition) is 3.